The molecule has 0 unspecified atom stereocenters. The average molecular weight is 578 g/mol. The van der Waals surface area contributed by atoms with Gasteiger partial charge in [-0.2, -0.15) is 0 Å². The van der Waals surface area contributed by atoms with E-state index in [0.29, 0.717) is 33.0 Å². The Morgan fingerprint density at radius 1 is 0.941 bits per heavy atom. The van der Waals surface area contributed by atoms with E-state index < -0.39 is 15.6 Å². The van der Waals surface area contributed by atoms with Crippen molar-refractivity contribution in [3.05, 3.63) is 74.7 Å². The number of benzene rings is 3. The minimum atomic E-state index is -3.96. The monoisotopic (exact) mass is 576 g/mol. The zero-order valence-electron chi connectivity index (χ0n) is 17.9. The van der Waals surface area contributed by atoms with Crippen LogP contribution in [0.25, 0.3) is 0 Å². The topological polar surface area (TPSA) is 67.4 Å². The van der Waals surface area contributed by atoms with Crippen LogP contribution in [0, 0.1) is 0 Å². The van der Waals surface area contributed by atoms with Gasteiger partial charge < -0.3 is 10.1 Å². The van der Waals surface area contributed by atoms with Crippen molar-refractivity contribution in [2.45, 2.75) is 33.6 Å². The first kappa shape index (κ1) is 25.8. The highest BCUT2D eigenvalue weighted by Crippen LogP contribution is 2.37. The Morgan fingerprint density at radius 2 is 1.68 bits per heavy atom. The Hall–Kier alpha value is -1.32. The van der Waals surface area contributed by atoms with Crippen molar-refractivity contribution < 1.29 is 13.2 Å². The van der Waals surface area contributed by atoms with Crippen molar-refractivity contribution in [2.75, 3.05) is 17.8 Å². The van der Waals surface area contributed by atoms with Crippen molar-refractivity contribution in [2.24, 2.45) is 0 Å². The fourth-order valence-electron chi connectivity index (χ4n) is 3.49. The first-order valence-electron chi connectivity index (χ1n) is 10.2. The van der Waals surface area contributed by atoms with Crippen LogP contribution in [-0.2, 0) is 10.0 Å². The molecule has 0 amide bonds. The number of hydrogen-bond acceptors (Lipinski definition) is 5. The van der Waals surface area contributed by atoms with E-state index in [2.05, 4.69) is 10.0 Å². The average Bonchev–Trinajstić information content (AvgIpc) is 3.15. The molecule has 0 aliphatic carbocycles. The standard InChI is InChI=1S/C23H20Cl4N2O3S2/c1-23(6-7-28-13-23)32-21-11-16(2-4-19(21)26)29-34(30,31)22-5-3-17(12-20(22)27)33-18-9-14(24)8-15(25)10-18/h2-5,8-12,28-29H,6-7,13H2,1H3/t23-/m1/s1. The van der Waals surface area contributed by atoms with Crippen LogP contribution in [0.5, 0.6) is 5.75 Å². The lowest BCUT2D eigenvalue weighted by Gasteiger charge is -2.25. The van der Waals surface area contributed by atoms with Gasteiger partial charge in [0.25, 0.3) is 10.0 Å². The minimum absolute atomic E-state index is 0.0491. The normalized spacial score (nSPS) is 18.1. The van der Waals surface area contributed by atoms with Crippen LogP contribution in [0.15, 0.2) is 69.3 Å². The van der Waals surface area contributed by atoms with E-state index in [1.165, 1.54) is 17.8 Å². The molecule has 1 aliphatic heterocycles. The first-order valence-corrected chi connectivity index (χ1v) is 14.0. The molecule has 1 aliphatic rings. The third-order valence-electron chi connectivity index (χ3n) is 5.13. The Labute approximate surface area is 223 Å². The van der Waals surface area contributed by atoms with Crippen LogP contribution < -0.4 is 14.8 Å². The SMILES string of the molecule is C[C@@]1(Oc2cc(NS(=O)(=O)c3ccc(Sc4cc(Cl)cc(Cl)c4)cc3Cl)ccc2Cl)CCNC1. The fourth-order valence-corrected chi connectivity index (χ4v) is 6.92. The van der Waals surface area contributed by atoms with Crippen LogP contribution in [0.2, 0.25) is 20.1 Å². The van der Waals surface area contributed by atoms with Gasteiger partial charge in [0.2, 0.25) is 0 Å². The summed E-state index contributed by atoms with van der Waals surface area (Å²) in [6.45, 7) is 3.51. The summed E-state index contributed by atoms with van der Waals surface area (Å²) in [5.41, 5.74) is -0.0948. The van der Waals surface area contributed by atoms with E-state index in [1.807, 2.05) is 6.92 Å². The molecule has 1 heterocycles. The molecule has 0 spiro atoms. The number of sulfonamides is 1. The summed E-state index contributed by atoms with van der Waals surface area (Å²) >= 11 is 26.1. The molecular weight excluding hydrogens is 558 g/mol. The molecule has 2 N–H and O–H groups in total. The van der Waals surface area contributed by atoms with Crippen molar-refractivity contribution in [1.82, 2.24) is 5.32 Å². The number of ether oxygens (including phenoxy) is 1. The van der Waals surface area contributed by atoms with Gasteiger partial charge >= 0.3 is 0 Å². The molecule has 1 saturated heterocycles. The van der Waals surface area contributed by atoms with E-state index >= 15 is 0 Å². The van der Waals surface area contributed by atoms with Gasteiger partial charge in [-0.3, -0.25) is 4.72 Å². The number of anilines is 1. The van der Waals surface area contributed by atoms with Gasteiger partial charge in [0.05, 0.1) is 15.7 Å². The number of halogens is 4. The fraction of sp³-hybridized carbons (Fsp3) is 0.217. The molecular formula is C23H20Cl4N2O3S2. The molecule has 1 fully saturated rings. The molecule has 180 valence electrons. The minimum Gasteiger partial charge on any atom is -0.485 e. The number of hydrogen-bond donors (Lipinski definition) is 2. The van der Waals surface area contributed by atoms with Gasteiger partial charge in [-0.25, -0.2) is 8.42 Å². The summed E-state index contributed by atoms with van der Waals surface area (Å²) in [5, 5.41) is 4.75. The van der Waals surface area contributed by atoms with Gasteiger partial charge in [-0.1, -0.05) is 58.2 Å². The quantitative estimate of drug-likeness (QED) is 0.306. The van der Waals surface area contributed by atoms with Crippen LogP contribution in [0.1, 0.15) is 13.3 Å². The highest BCUT2D eigenvalue weighted by Gasteiger charge is 2.31. The molecule has 0 saturated carbocycles. The summed E-state index contributed by atoms with van der Waals surface area (Å²) in [6, 6.07) is 14.6. The van der Waals surface area contributed by atoms with E-state index in [0.717, 1.165) is 22.8 Å². The Morgan fingerprint density at radius 3 is 2.32 bits per heavy atom. The lowest BCUT2D eigenvalue weighted by Crippen LogP contribution is -2.34. The number of rotatable bonds is 7. The Balaban J connectivity index is 1.53. The molecule has 11 heteroatoms. The number of nitrogens with one attached hydrogen (secondary N) is 2. The van der Waals surface area contributed by atoms with Crippen molar-refractivity contribution >= 4 is 73.9 Å². The van der Waals surface area contributed by atoms with Gasteiger partial charge in [0.15, 0.2) is 0 Å². The lowest BCUT2D eigenvalue weighted by molar-refractivity contribution is 0.111. The maximum absolute atomic E-state index is 13.1. The maximum atomic E-state index is 13.1. The van der Waals surface area contributed by atoms with Crippen LogP contribution in [0.3, 0.4) is 0 Å². The zero-order valence-corrected chi connectivity index (χ0v) is 22.5. The van der Waals surface area contributed by atoms with Crippen LogP contribution in [-0.4, -0.2) is 27.1 Å². The second-order valence-corrected chi connectivity index (χ2v) is 12.5. The maximum Gasteiger partial charge on any atom is 0.263 e. The van der Waals surface area contributed by atoms with E-state index in [9.17, 15) is 8.42 Å². The predicted molar refractivity (Wildman–Crippen MR) is 141 cm³/mol. The van der Waals surface area contributed by atoms with Crippen LogP contribution >= 0.6 is 58.2 Å². The van der Waals surface area contributed by atoms with Crippen LogP contribution in [0.4, 0.5) is 5.69 Å². The van der Waals surface area contributed by atoms with Gasteiger partial charge in [-0.05, 0) is 62.0 Å². The highest BCUT2D eigenvalue weighted by molar-refractivity contribution is 7.99. The smallest absolute Gasteiger partial charge is 0.263 e. The molecule has 3 aromatic carbocycles. The summed E-state index contributed by atoms with van der Waals surface area (Å²) in [7, 11) is -3.96. The molecule has 1 atom stereocenters. The van der Waals surface area contributed by atoms with Crippen molar-refractivity contribution in [3.8, 4) is 5.75 Å². The van der Waals surface area contributed by atoms with Crippen molar-refractivity contribution in [1.29, 1.82) is 0 Å². The Bertz CT molecular complexity index is 1310. The molecule has 3 aromatic rings. The predicted octanol–water partition coefficient (Wildman–Crippen LogP) is 7.38. The van der Waals surface area contributed by atoms with Gasteiger partial charge in [0, 0.05) is 38.9 Å². The highest BCUT2D eigenvalue weighted by atomic mass is 35.5. The Kier molecular flexibility index (Phi) is 7.84. The summed E-state index contributed by atoms with van der Waals surface area (Å²) in [6.07, 6.45) is 0.820. The van der Waals surface area contributed by atoms with E-state index in [-0.39, 0.29) is 9.92 Å². The molecule has 0 bridgehead atoms. The summed E-state index contributed by atoms with van der Waals surface area (Å²) < 4.78 is 34.8. The summed E-state index contributed by atoms with van der Waals surface area (Å²) in [4.78, 5) is 1.50. The molecule has 34 heavy (non-hydrogen) atoms. The van der Waals surface area contributed by atoms with Crippen molar-refractivity contribution in [3.63, 3.8) is 0 Å². The van der Waals surface area contributed by atoms with Gasteiger partial charge in [-0.15, -0.1) is 0 Å². The lowest BCUT2D eigenvalue weighted by atomic mass is 10.1. The third kappa shape index (κ3) is 6.26. The zero-order chi connectivity index (χ0) is 24.5. The second-order valence-electron chi connectivity index (χ2n) is 8.03. The first-order chi connectivity index (χ1) is 16.0. The van der Waals surface area contributed by atoms with E-state index in [1.54, 1.807) is 48.5 Å². The largest absolute Gasteiger partial charge is 0.485 e. The molecule has 0 radical (unpaired) electrons. The van der Waals surface area contributed by atoms with E-state index in [4.69, 9.17) is 51.1 Å². The molecule has 4 rings (SSSR count). The third-order valence-corrected chi connectivity index (χ3v) is 8.71. The summed E-state index contributed by atoms with van der Waals surface area (Å²) in [5.74, 6) is 0.408. The van der Waals surface area contributed by atoms with Gasteiger partial charge in [0.1, 0.15) is 16.2 Å². The second kappa shape index (κ2) is 10.3. The molecule has 5 nitrogen and oxygen atoms in total. The molecule has 0 aromatic heterocycles.